The van der Waals surface area contributed by atoms with Crippen molar-refractivity contribution in [1.29, 1.82) is 0 Å². The second-order valence-electron chi connectivity index (χ2n) is 4.89. The van der Waals surface area contributed by atoms with Gasteiger partial charge in [0.05, 0.1) is 0 Å². The summed E-state index contributed by atoms with van der Waals surface area (Å²) in [5, 5.41) is 5.88. The monoisotopic (exact) mass is 262 g/mol. The van der Waals surface area contributed by atoms with Gasteiger partial charge in [-0.15, -0.1) is 0 Å². The smallest absolute Gasteiger partial charge is 0.0346 e. The number of fused-ring (bicyclic) bond motifs is 1. The zero-order valence-electron chi connectivity index (χ0n) is 11.6. The molecule has 2 heteroatoms. The van der Waals surface area contributed by atoms with Crippen molar-refractivity contribution in [1.82, 2.24) is 10.3 Å². The SMILES string of the molecule is CCNCc1cncc(-c2cccc3ccccc23)c1. The van der Waals surface area contributed by atoms with E-state index in [1.807, 2.05) is 12.4 Å². The van der Waals surface area contributed by atoms with Crippen LogP contribution in [0.2, 0.25) is 0 Å². The van der Waals surface area contributed by atoms with Gasteiger partial charge in [-0.1, -0.05) is 49.4 Å². The van der Waals surface area contributed by atoms with E-state index in [1.54, 1.807) is 0 Å². The fourth-order valence-corrected chi connectivity index (χ4v) is 2.48. The third-order valence-electron chi connectivity index (χ3n) is 3.47. The van der Waals surface area contributed by atoms with Gasteiger partial charge < -0.3 is 5.32 Å². The number of hydrogen-bond donors (Lipinski definition) is 1. The standard InChI is InChI=1S/C18H18N2/c1-2-19-11-14-10-16(13-20-12-14)18-9-5-7-15-6-3-4-8-17(15)18/h3-10,12-13,19H,2,11H2,1H3. The maximum absolute atomic E-state index is 4.38. The zero-order valence-corrected chi connectivity index (χ0v) is 11.6. The number of nitrogens with one attached hydrogen (secondary N) is 1. The molecule has 1 aromatic heterocycles. The predicted molar refractivity (Wildman–Crippen MR) is 84.6 cm³/mol. The van der Waals surface area contributed by atoms with Crippen molar-refractivity contribution in [2.24, 2.45) is 0 Å². The lowest BCUT2D eigenvalue weighted by atomic mass is 9.99. The van der Waals surface area contributed by atoms with Crippen molar-refractivity contribution in [2.75, 3.05) is 6.54 Å². The van der Waals surface area contributed by atoms with E-state index in [9.17, 15) is 0 Å². The molecule has 0 aliphatic carbocycles. The first-order valence-corrected chi connectivity index (χ1v) is 7.01. The Hall–Kier alpha value is -2.19. The van der Waals surface area contributed by atoms with Gasteiger partial charge in [0.2, 0.25) is 0 Å². The molecule has 3 rings (SSSR count). The van der Waals surface area contributed by atoms with Gasteiger partial charge >= 0.3 is 0 Å². The number of nitrogens with zero attached hydrogens (tertiary/aromatic N) is 1. The molecule has 3 aromatic rings. The highest BCUT2D eigenvalue weighted by Crippen LogP contribution is 2.28. The topological polar surface area (TPSA) is 24.9 Å². The van der Waals surface area contributed by atoms with Gasteiger partial charge in [-0.05, 0) is 34.5 Å². The van der Waals surface area contributed by atoms with Crippen LogP contribution >= 0.6 is 0 Å². The van der Waals surface area contributed by atoms with E-state index in [0.29, 0.717) is 0 Å². The minimum absolute atomic E-state index is 0.863. The van der Waals surface area contributed by atoms with Crippen molar-refractivity contribution >= 4 is 10.8 Å². The molecule has 0 aliphatic rings. The Morgan fingerprint density at radius 3 is 2.75 bits per heavy atom. The van der Waals surface area contributed by atoms with E-state index in [4.69, 9.17) is 0 Å². The molecule has 1 heterocycles. The first kappa shape index (κ1) is 12.8. The maximum Gasteiger partial charge on any atom is 0.0346 e. The Bertz CT molecular complexity index is 714. The van der Waals surface area contributed by atoms with E-state index in [-0.39, 0.29) is 0 Å². The summed E-state index contributed by atoms with van der Waals surface area (Å²) in [4.78, 5) is 4.38. The van der Waals surface area contributed by atoms with Crippen molar-refractivity contribution in [3.63, 3.8) is 0 Å². The van der Waals surface area contributed by atoms with Gasteiger partial charge in [0.15, 0.2) is 0 Å². The number of aromatic nitrogens is 1. The lowest BCUT2D eigenvalue weighted by molar-refractivity contribution is 0.724. The molecule has 0 radical (unpaired) electrons. The molecule has 0 bridgehead atoms. The summed E-state index contributed by atoms with van der Waals surface area (Å²) in [5.41, 5.74) is 3.64. The molecule has 0 amide bonds. The average Bonchev–Trinajstić information content (AvgIpc) is 2.52. The van der Waals surface area contributed by atoms with Crippen LogP contribution in [-0.2, 0) is 6.54 Å². The Kier molecular flexibility index (Phi) is 3.75. The fraction of sp³-hybridized carbons (Fsp3) is 0.167. The van der Waals surface area contributed by atoms with E-state index < -0.39 is 0 Å². The third-order valence-corrected chi connectivity index (χ3v) is 3.47. The Labute approximate surface area is 119 Å². The van der Waals surface area contributed by atoms with Gasteiger partial charge in [0.25, 0.3) is 0 Å². The predicted octanol–water partition coefficient (Wildman–Crippen LogP) is 4.01. The van der Waals surface area contributed by atoms with Crippen LogP contribution in [0.5, 0.6) is 0 Å². The van der Waals surface area contributed by atoms with Crippen molar-refractivity contribution < 1.29 is 0 Å². The highest BCUT2D eigenvalue weighted by Gasteiger charge is 2.04. The molecule has 0 unspecified atom stereocenters. The van der Waals surface area contributed by atoms with Gasteiger partial charge in [0, 0.05) is 24.5 Å². The van der Waals surface area contributed by atoms with Gasteiger partial charge in [-0.25, -0.2) is 0 Å². The quantitative estimate of drug-likeness (QED) is 0.768. The van der Waals surface area contributed by atoms with Crippen LogP contribution in [0.1, 0.15) is 12.5 Å². The highest BCUT2D eigenvalue weighted by molar-refractivity contribution is 5.96. The van der Waals surface area contributed by atoms with Gasteiger partial charge in [-0.3, -0.25) is 4.98 Å². The molecule has 0 atom stereocenters. The Morgan fingerprint density at radius 1 is 1.00 bits per heavy atom. The molecule has 0 fully saturated rings. The van der Waals surface area contributed by atoms with Crippen LogP contribution in [-0.4, -0.2) is 11.5 Å². The lowest BCUT2D eigenvalue weighted by Crippen LogP contribution is -2.11. The summed E-state index contributed by atoms with van der Waals surface area (Å²) in [7, 11) is 0. The Balaban J connectivity index is 2.06. The van der Waals surface area contributed by atoms with Crippen LogP contribution in [0, 0.1) is 0 Å². The summed E-state index contributed by atoms with van der Waals surface area (Å²) in [6, 6.07) is 17.1. The molecule has 20 heavy (non-hydrogen) atoms. The normalized spacial score (nSPS) is 10.8. The van der Waals surface area contributed by atoms with E-state index >= 15 is 0 Å². The molecule has 2 nitrogen and oxygen atoms in total. The summed E-state index contributed by atoms with van der Waals surface area (Å²) >= 11 is 0. The van der Waals surface area contributed by atoms with Crippen molar-refractivity contribution in [2.45, 2.75) is 13.5 Å². The highest BCUT2D eigenvalue weighted by atomic mass is 14.8. The number of pyridine rings is 1. The van der Waals surface area contributed by atoms with Gasteiger partial charge in [-0.2, -0.15) is 0 Å². The van der Waals surface area contributed by atoms with Crippen LogP contribution in [0.15, 0.2) is 60.9 Å². The molecular weight excluding hydrogens is 244 g/mol. The molecule has 0 spiro atoms. The summed E-state index contributed by atoms with van der Waals surface area (Å²) < 4.78 is 0. The number of hydrogen-bond acceptors (Lipinski definition) is 2. The van der Waals surface area contributed by atoms with Crippen molar-refractivity contribution in [3.8, 4) is 11.1 Å². The molecule has 0 aliphatic heterocycles. The van der Waals surface area contributed by atoms with Crippen molar-refractivity contribution in [3.05, 3.63) is 66.5 Å². The fourth-order valence-electron chi connectivity index (χ4n) is 2.48. The zero-order chi connectivity index (χ0) is 13.8. The summed E-state index contributed by atoms with van der Waals surface area (Å²) in [6.07, 6.45) is 3.87. The first-order chi connectivity index (χ1) is 9.88. The molecule has 0 saturated carbocycles. The second-order valence-corrected chi connectivity index (χ2v) is 4.89. The number of rotatable bonds is 4. The van der Waals surface area contributed by atoms with E-state index in [0.717, 1.165) is 13.1 Å². The minimum atomic E-state index is 0.863. The third kappa shape index (κ3) is 2.56. The molecular formula is C18H18N2. The maximum atomic E-state index is 4.38. The van der Waals surface area contributed by atoms with E-state index in [2.05, 4.69) is 65.8 Å². The summed E-state index contributed by atoms with van der Waals surface area (Å²) in [6.45, 7) is 3.95. The molecule has 0 saturated heterocycles. The largest absolute Gasteiger partial charge is 0.313 e. The van der Waals surface area contributed by atoms with Crippen LogP contribution in [0.3, 0.4) is 0 Å². The average molecular weight is 262 g/mol. The second kappa shape index (κ2) is 5.85. The summed E-state index contributed by atoms with van der Waals surface area (Å²) in [5.74, 6) is 0. The van der Waals surface area contributed by atoms with Gasteiger partial charge in [0.1, 0.15) is 0 Å². The first-order valence-electron chi connectivity index (χ1n) is 7.01. The Morgan fingerprint density at radius 2 is 1.85 bits per heavy atom. The van der Waals surface area contributed by atoms with E-state index in [1.165, 1.54) is 27.5 Å². The van der Waals surface area contributed by atoms with Crippen LogP contribution in [0.25, 0.3) is 21.9 Å². The van der Waals surface area contributed by atoms with Crippen LogP contribution in [0.4, 0.5) is 0 Å². The molecule has 100 valence electrons. The lowest BCUT2D eigenvalue weighted by Gasteiger charge is -2.08. The number of benzene rings is 2. The molecule has 1 N–H and O–H groups in total. The van der Waals surface area contributed by atoms with Crippen LogP contribution < -0.4 is 5.32 Å². The minimum Gasteiger partial charge on any atom is -0.313 e. The molecule has 2 aromatic carbocycles.